The fourth-order valence-electron chi connectivity index (χ4n) is 3.44. The van der Waals surface area contributed by atoms with Gasteiger partial charge in [-0.2, -0.15) is 0 Å². The molecule has 2 aromatic carbocycles. The van der Waals surface area contributed by atoms with Crippen LogP contribution in [0.15, 0.2) is 40.6 Å². The highest BCUT2D eigenvalue weighted by atomic mass is 16.5. The van der Waals surface area contributed by atoms with E-state index in [1.165, 1.54) is 33.5 Å². The molecule has 3 rings (SSSR count). The van der Waals surface area contributed by atoms with Crippen molar-refractivity contribution < 1.29 is 28.8 Å². The molecule has 1 aromatic heterocycles. The molecule has 0 radical (unpaired) electrons. The lowest BCUT2D eigenvalue weighted by molar-refractivity contribution is 0.0994. The normalized spacial score (nSPS) is 11.3. The Morgan fingerprint density at radius 2 is 1.66 bits per heavy atom. The van der Waals surface area contributed by atoms with Gasteiger partial charge in [0.1, 0.15) is 5.75 Å². The number of amides is 1. The minimum Gasteiger partial charge on any atom is -0.497 e. The summed E-state index contributed by atoms with van der Waals surface area (Å²) in [4.78, 5) is 12.8. The number of hydrogen-bond acceptors (Lipinski definition) is 7. The van der Waals surface area contributed by atoms with Crippen LogP contribution in [-0.2, 0) is 6.54 Å². The zero-order chi connectivity index (χ0) is 23.4. The largest absolute Gasteiger partial charge is 0.497 e. The van der Waals surface area contributed by atoms with E-state index < -0.39 is 5.91 Å². The molecule has 0 spiro atoms. The number of carbonyl (C=O) groups is 1. The van der Waals surface area contributed by atoms with Crippen molar-refractivity contribution in [2.45, 2.75) is 20.4 Å². The van der Waals surface area contributed by atoms with Crippen molar-refractivity contribution in [2.24, 2.45) is 16.1 Å². The van der Waals surface area contributed by atoms with E-state index in [0.29, 0.717) is 34.9 Å². The molecule has 0 saturated carbocycles. The average molecular weight is 441 g/mol. The van der Waals surface area contributed by atoms with Crippen LogP contribution in [0.3, 0.4) is 0 Å². The van der Waals surface area contributed by atoms with Gasteiger partial charge in [-0.1, -0.05) is 13.8 Å². The topological polar surface area (TPSA) is 104 Å². The summed E-state index contributed by atoms with van der Waals surface area (Å²) >= 11 is 0. The number of ether oxygens (including phenoxy) is 4. The van der Waals surface area contributed by atoms with Gasteiger partial charge >= 0.3 is 0 Å². The highest BCUT2D eigenvalue weighted by molar-refractivity contribution is 5.98. The van der Waals surface area contributed by atoms with Gasteiger partial charge in [-0.25, -0.2) is 0 Å². The van der Waals surface area contributed by atoms with E-state index in [2.05, 4.69) is 10.2 Å². The molecule has 1 heterocycles. The summed E-state index contributed by atoms with van der Waals surface area (Å²) in [5.41, 5.74) is 1.16. The molecular formula is C23H27N3O6. The van der Waals surface area contributed by atoms with Crippen LogP contribution in [-0.4, -0.2) is 44.0 Å². The fraction of sp³-hybridized carbons (Fsp3) is 0.348. The highest BCUT2D eigenvalue weighted by Gasteiger charge is 2.20. The van der Waals surface area contributed by atoms with Gasteiger partial charge in [-0.15, -0.1) is 10.2 Å². The molecule has 0 unspecified atom stereocenters. The summed E-state index contributed by atoms with van der Waals surface area (Å²) in [6, 6.07) is 8.39. The zero-order valence-corrected chi connectivity index (χ0v) is 19.0. The summed E-state index contributed by atoms with van der Waals surface area (Å²) in [6.07, 6.45) is 0. The van der Waals surface area contributed by atoms with Crippen LogP contribution in [0.4, 0.5) is 5.69 Å². The van der Waals surface area contributed by atoms with Crippen molar-refractivity contribution in [2.75, 3.05) is 28.4 Å². The second-order valence-electron chi connectivity index (χ2n) is 7.48. The first kappa shape index (κ1) is 22.9. The maximum Gasteiger partial charge on any atom is 0.295 e. The minimum atomic E-state index is -0.628. The van der Waals surface area contributed by atoms with Crippen LogP contribution < -0.4 is 18.9 Å². The summed E-state index contributed by atoms with van der Waals surface area (Å²) in [7, 11) is 5.96. The summed E-state index contributed by atoms with van der Waals surface area (Å²) in [5.74, 6) is 1.21. The predicted molar refractivity (Wildman–Crippen MR) is 120 cm³/mol. The zero-order valence-electron chi connectivity index (χ0n) is 19.0. The van der Waals surface area contributed by atoms with Gasteiger partial charge < -0.3 is 28.6 Å². The Balaban J connectivity index is 2.06. The van der Waals surface area contributed by atoms with Crippen molar-refractivity contribution in [3.63, 3.8) is 0 Å². The van der Waals surface area contributed by atoms with Crippen LogP contribution >= 0.6 is 0 Å². The molecule has 32 heavy (non-hydrogen) atoms. The molecule has 0 aliphatic rings. The maximum absolute atomic E-state index is 12.8. The molecule has 0 fully saturated rings. The van der Waals surface area contributed by atoms with E-state index in [-0.39, 0.29) is 23.0 Å². The number of carbonyl (C=O) groups excluding carboxylic acids is 1. The number of benzene rings is 2. The average Bonchev–Trinajstić information content (AvgIpc) is 3.05. The molecule has 0 bridgehead atoms. The third-order valence-corrected chi connectivity index (χ3v) is 4.92. The Labute approximate surface area is 186 Å². The number of fused-ring (bicyclic) bond motifs is 1. The van der Waals surface area contributed by atoms with Crippen LogP contribution in [0.5, 0.6) is 28.9 Å². The monoisotopic (exact) mass is 441 g/mol. The van der Waals surface area contributed by atoms with Gasteiger partial charge in [0.2, 0.25) is 11.6 Å². The number of aromatic hydroxyl groups is 1. The molecule has 9 nitrogen and oxygen atoms in total. The van der Waals surface area contributed by atoms with Crippen molar-refractivity contribution in [3.05, 3.63) is 35.9 Å². The quantitative estimate of drug-likeness (QED) is 0.496. The number of aromatic nitrogens is 1. The van der Waals surface area contributed by atoms with E-state index in [0.717, 1.165) is 5.52 Å². The van der Waals surface area contributed by atoms with Gasteiger partial charge in [0.15, 0.2) is 17.2 Å². The predicted octanol–water partition coefficient (Wildman–Crippen LogP) is 4.96. The Morgan fingerprint density at radius 1 is 1.00 bits per heavy atom. The van der Waals surface area contributed by atoms with E-state index in [4.69, 9.17) is 18.9 Å². The molecule has 3 aromatic rings. The summed E-state index contributed by atoms with van der Waals surface area (Å²) in [5, 5.41) is 19.4. The van der Waals surface area contributed by atoms with Crippen LogP contribution in [0.1, 0.15) is 24.2 Å². The first-order valence-electron chi connectivity index (χ1n) is 9.99. The molecule has 9 heteroatoms. The Bertz CT molecular complexity index is 1140. The van der Waals surface area contributed by atoms with Gasteiger partial charge in [-0.05, 0) is 36.2 Å². The Morgan fingerprint density at radius 3 is 2.19 bits per heavy atom. The number of hydrogen-bond donors (Lipinski definition) is 1. The highest BCUT2D eigenvalue weighted by Crippen LogP contribution is 2.42. The van der Waals surface area contributed by atoms with E-state index in [1.54, 1.807) is 23.8 Å². The number of azo groups is 1. The molecule has 1 N–H and O–H groups in total. The second-order valence-corrected chi connectivity index (χ2v) is 7.48. The molecule has 170 valence electrons. The number of nitrogens with zero attached hydrogens (tertiary/aromatic N) is 3. The number of methoxy groups -OCH3 is 4. The Hall–Kier alpha value is -3.75. The van der Waals surface area contributed by atoms with E-state index in [1.807, 2.05) is 19.9 Å². The van der Waals surface area contributed by atoms with Gasteiger partial charge in [0.25, 0.3) is 5.91 Å². The summed E-state index contributed by atoms with van der Waals surface area (Å²) in [6.45, 7) is 4.67. The molecule has 0 aliphatic carbocycles. The first-order chi connectivity index (χ1) is 15.3. The van der Waals surface area contributed by atoms with Crippen molar-refractivity contribution in [1.29, 1.82) is 0 Å². The van der Waals surface area contributed by atoms with Crippen LogP contribution in [0.2, 0.25) is 0 Å². The minimum absolute atomic E-state index is 0.0663. The van der Waals surface area contributed by atoms with Crippen molar-refractivity contribution >= 4 is 22.5 Å². The maximum atomic E-state index is 12.8. The van der Waals surface area contributed by atoms with Crippen molar-refractivity contribution in [1.82, 2.24) is 4.57 Å². The SMILES string of the molecule is COc1ccc2c(c1)c(N=NC(=O)c1cc(OC)c(OC)c(OC)c1)c(O)n2CC(C)C. The van der Waals surface area contributed by atoms with Gasteiger partial charge in [0, 0.05) is 11.9 Å². The lowest BCUT2D eigenvalue weighted by atomic mass is 10.1. The number of rotatable bonds is 8. The second kappa shape index (κ2) is 9.59. The summed E-state index contributed by atoms with van der Waals surface area (Å²) < 4.78 is 22.9. The molecule has 0 saturated heterocycles. The van der Waals surface area contributed by atoms with Gasteiger partial charge in [-0.3, -0.25) is 4.79 Å². The lowest BCUT2D eigenvalue weighted by Crippen LogP contribution is -2.03. The smallest absolute Gasteiger partial charge is 0.295 e. The standard InChI is InChI=1S/C23H27N3O6/c1-13(2)12-26-17-8-7-15(29-3)11-16(17)20(23(26)28)24-25-22(27)14-9-18(30-4)21(32-6)19(10-14)31-5/h7-11,13,28H,12H2,1-6H3. The third-order valence-electron chi connectivity index (χ3n) is 4.92. The fourth-order valence-corrected chi connectivity index (χ4v) is 3.44. The van der Waals surface area contributed by atoms with E-state index in [9.17, 15) is 9.90 Å². The van der Waals surface area contributed by atoms with E-state index >= 15 is 0 Å². The molecular weight excluding hydrogens is 414 g/mol. The third kappa shape index (κ3) is 4.32. The van der Waals surface area contributed by atoms with Gasteiger partial charge in [0.05, 0.1) is 39.5 Å². The molecule has 1 amide bonds. The van der Waals surface area contributed by atoms with Crippen molar-refractivity contribution in [3.8, 4) is 28.9 Å². The first-order valence-corrected chi connectivity index (χ1v) is 9.99. The van der Waals surface area contributed by atoms with Crippen LogP contribution in [0, 0.1) is 5.92 Å². The molecule has 0 atom stereocenters. The molecule has 0 aliphatic heterocycles. The van der Waals surface area contributed by atoms with Crippen LogP contribution in [0.25, 0.3) is 10.9 Å². The lowest BCUT2D eigenvalue weighted by Gasteiger charge is -2.12. The Kier molecular flexibility index (Phi) is 6.87.